The summed E-state index contributed by atoms with van der Waals surface area (Å²) in [6.45, 7) is 2.78. The second kappa shape index (κ2) is 9.74. The Morgan fingerprint density at radius 3 is 2.61 bits per heavy atom. The van der Waals surface area contributed by atoms with Crippen molar-refractivity contribution in [3.63, 3.8) is 0 Å². The lowest BCUT2D eigenvalue weighted by Crippen LogP contribution is -2.43. The number of hydrogen-bond acceptors (Lipinski definition) is 4. The molecule has 2 aromatic carbocycles. The number of carbonyl (C=O) groups is 2. The lowest BCUT2D eigenvalue weighted by atomic mass is 9.99. The van der Waals surface area contributed by atoms with Crippen LogP contribution in [-0.2, 0) is 26.0 Å². The summed E-state index contributed by atoms with van der Waals surface area (Å²) in [6.07, 6.45) is 2.24. The number of sulfonamides is 1. The van der Waals surface area contributed by atoms with Crippen LogP contribution in [0.1, 0.15) is 31.7 Å². The maximum atomic E-state index is 13.6. The fourth-order valence-corrected chi connectivity index (χ4v) is 7.05. The largest absolute Gasteiger partial charge is 0.326 e. The minimum absolute atomic E-state index is 0.0312. The molecule has 10 heteroatoms. The van der Waals surface area contributed by atoms with Gasteiger partial charge >= 0.3 is 0 Å². The van der Waals surface area contributed by atoms with Gasteiger partial charge in [-0.3, -0.25) is 9.59 Å². The van der Waals surface area contributed by atoms with Crippen LogP contribution in [-0.4, -0.2) is 44.2 Å². The Balaban J connectivity index is 1.55. The maximum Gasteiger partial charge on any atom is 0.244 e. The lowest BCUT2D eigenvalue weighted by Gasteiger charge is -2.31. The van der Waals surface area contributed by atoms with Crippen molar-refractivity contribution in [3.05, 3.63) is 51.5 Å². The van der Waals surface area contributed by atoms with Crippen molar-refractivity contribution < 1.29 is 18.0 Å². The van der Waals surface area contributed by atoms with Gasteiger partial charge in [-0.2, -0.15) is 4.31 Å². The summed E-state index contributed by atoms with van der Waals surface area (Å²) < 4.78 is 29.0. The van der Waals surface area contributed by atoms with E-state index in [2.05, 4.69) is 21.2 Å². The average molecular weight is 555 g/mol. The minimum Gasteiger partial charge on any atom is -0.326 e. The fraction of sp³-hybridized carbons (Fsp3) is 0.391. The van der Waals surface area contributed by atoms with Crippen LogP contribution in [0.5, 0.6) is 0 Å². The predicted molar refractivity (Wildman–Crippen MR) is 132 cm³/mol. The third-order valence-corrected chi connectivity index (χ3v) is 9.19. The molecule has 2 heterocycles. The van der Waals surface area contributed by atoms with Gasteiger partial charge in [0.2, 0.25) is 21.8 Å². The summed E-state index contributed by atoms with van der Waals surface area (Å²) in [5, 5.41) is 3.42. The molecule has 33 heavy (non-hydrogen) atoms. The molecule has 2 aliphatic heterocycles. The first-order valence-corrected chi connectivity index (χ1v) is 13.5. The summed E-state index contributed by atoms with van der Waals surface area (Å²) in [6, 6.07) is 10.2. The van der Waals surface area contributed by atoms with Gasteiger partial charge in [-0.1, -0.05) is 18.5 Å². The van der Waals surface area contributed by atoms with Crippen LogP contribution >= 0.6 is 27.5 Å². The van der Waals surface area contributed by atoms with Crippen LogP contribution in [0.4, 0.5) is 11.4 Å². The SMILES string of the molecule is CCC(=O)N1CCc2cc(Br)c(S(=O)(=O)N3CCC[C@@H](C(=O)Nc4ccc(Cl)cc4)C3)cc21. The monoisotopic (exact) mass is 553 g/mol. The van der Waals surface area contributed by atoms with Crippen molar-refractivity contribution >= 4 is 60.7 Å². The zero-order valence-corrected chi connectivity index (χ0v) is 21.3. The number of halogens is 2. The normalized spacial score (nSPS) is 18.8. The molecule has 0 aromatic heterocycles. The van der Waals surface area contributed by atoms with Crippen LogP contribution in [0.3, 0.4) is 0 Å². The third-order valence-electron chi connectivity index (χ3n) is 6.12. The standard InChI is InChI=1S/C23H25BrClN3O4S/c1-2-22(29)28-11-9-15-12-19(24)21(13-20(15)28)33(31,32)27-10-3-4-16(14-27)23(30)26-18-7-5-17(25)6-8-18/h5-8,12-13,16H,2-4,9-11,14H2,1H3,(H,26,30)/t16-/m1/s1. The van der Waals surface area contributed by atoms with E-state index in [4.69, 9.17) is 11.6 Å². The number of anilines is 2. The van der Waals surface area contributed by atoms with Gasteiger partial charge < -0.3 is 10.2 Å². The number of carbonyl (C=O) groups excluding carboxylic acids is 2. The Kier molecular flexibility index (Phi) is 7.14. The highest BCUT2D eigenvalue weighted by atomic mass is 79.9. The third kappa shape index (κ3) is 4.96. The van der Waals surface area contributed by atoms with Gasteiger partial charge in [0.05, 0.1) is 10.8 Å². The first-order valence-electron chi connectivity index (χ1n) is 10.9. The Bertz CT molecular complexity index is 1190. The van der Waals surface area contributed by atoms with Gasteiger partial charge in [-0.15, -0.1) is 0 Å². The molecule has 0 radical (unpaired) electrons. The lowest BCUT2D eigenvalue weighted by molar-refractivity contribution is -0.121. The van der Waals surface area contributed by atoms with Gasteiger partial charge in [-0.25, -0.2) is 8.42 Å². The summed E-state index contributed by atoms with van der Waals surface area (Å²) in [5.41, 5.74) is 2.21. The van der Waals surface area contributed by atoms with Gasteiger partial charge in [-0.05, 0) is 77.2 Å². The van der Waals surface area contributed by atoms with Crippen molar-refractivity contribution in [2.75, 3.05) is 29.9 Å². The second-order valence-corrected chi connectivity index (χ2v) is 11.5. The number of hydrogen-bond donors (Lipinski definition) is 1. The first-order chi connectivity index (χ1) is 15.7. The molecule has 176 valence electrons. The van der Waals surface area contributed by atoms with Crippen LogP contribution in [0.15, 0.2) is 45.8 Å². The Morgan fingerprint density at radius 2 is 1.91 bits per heavy atom. The number of rotatable bonds is 5. The van der Waals surface area contributed by atoms with Crippen molar-refractivity contribution in [1.29, 1.82) is 0 Å². The molecule has 1 atom stereocenters. The van der Waals surface area contributed by atoms with E-state index in [1.54, 1.807) is 48.2 Å². The minimum atomic E-state index is -3.86. The molecule has 2 amide bonds. The highest BCUT2D eigenvalue weighted by molar-refractivity contribution is 9.10. The summed E-state index contributed by atoms with van der Waals surface area (Å²) in [4.78, 5) is 26.9. The molecule has 0 bridgehead atoms. The van der Waals surface area contributed by atoms with E-state index >= 15 is 0 Å². The zero-order valence-electron chi connectivity index (χ0n) is 18.2. The van der Waals surface area contributed by atoms with Crippen molar-refractivity contribution in [1.82, 2.24) is 4.31 Å². The summed E-state index contributed by atoms with van der Waals surface area (Å²) in [7, 11) is -3.86. The number of nitrogens with zero attached hydrogens (tertiary/aromatic N) is 2. The molecule has 1 saturated heterocycles. The molecule has 0 unspecified atom stereocenters. The molecule has 7 nitrogen and oxygen atoms in total. The molecular weight excluding hydrogens is 530 g/mol. The molecule has 4 rings (SSSR count). The van der Waals surface area contributed by atoms with Crippen LogP contribution < -0.4 is 10.2 Å². The van der Waals surface area contributed by atoms with Gasteiger partial charge in [0.25, 0.3) is 0 Å². The van der Waals surface area contributed by atoms with E-state index in [1.807, 2.05) is 0 Å². The number of benzene rings is 2. The highest BCUT2D eigenvalue weighted by Crippen LogP contribution is 2.37. The molecule has 0 spiro atoms. The number of fused-ring (bicyclic) bond motifs is 1. The Morgan fingerprint density at radius 1 is 1.18 bits per heavy atom. The van der Waals surface area contributed by atoms with Crippen molar-refractivity contribution in [3.8, 4) is 0 Å². The van der Waals surface area contributed by atoms with E-state index in [9.17, 15) is 18.0 Å². The fourth-order valence-electron chi connectivity index (χ4n) is 4.33. The Labute approximate surface area is 207 Å². The molecule has 1 fully saturated rings. The number of amides is 2. The Hall–Kier alpha value is -1.94. The van der Waals surface area contributed by atoms with E-state index < -0.39 is 15.9 Å². The molecule has 0 aliphatic carbocycles. The van der Waals surface area contributed by atoms with Crippen molar-refractivity contribution in [2.45, 2.75) is 37.5 Å². The van der Waals surface area contributed by atoms with Gasteiger partial charge in [0.1, 0.15) is 0 Å². The number of nitrogens with one attached hydrogen (secondary N) is 1. The maximum absolute atomic E-state index is 13.6. The van der Waals surface area contributed by atoms with Gasteiger partial charge in [0, 0.05) is 46.9 Å². The van der Waals surface area contributed by atoms with Gasteiger partial charge in [0.15, 0.2) is 0 Å². The van der Waals surface area contributed by atoms with E-state index in [1.165, 1.54) is 4.31 Å². The number of piperidine rings is 1. The summed E-state index contributed by atoms with van der Waals surface area (Å²) >= 11 is 9.32. The first kappa shape index (κ1) is 24.2. The smallest absolute Gasteiger partial charge is 0.244 e. The highest BCUT2D eigenvalue weighted by Gasteiger charge is 2.36. The second-order valence-electron chi connectivity index (χ2n) is 8.26. The molecule has 2 aromatic rings. The average Bonchev–Trinajstić information content (AvgIpc) is 3.22. The van der Waals surface area contributed by atoms with Crippen LogP contribution in [0.2, 0.25) is 5.02 Å². The van der Waals surface area contributed by atoms with Crippen LogP contribution in [0.25, 0.3) is 0 Å². The van der Waals surface area contributed by atoms with E-state index in [0.717, 1.165) is 5.56 Å². The molecule has 1 N–H and O–H groups in total. The van der Waals surface area contributed by atoms with E-state index in [-0.39, 0.29) is 23.3 Å². The predicted octanol–water partition coefficient (Wildman–Crippen LogP) is 4.44. The molecular formula is C23H25BrClN3O4S. The zero-order chi connectivity index (χ0) is 23.8. The molecule has 2 aliphatic rings. The van der Waals surface area contributed by atoms with Crippen molar-refractivity contribution in [2.24, 2.45) is 5.92 Å². The quantitative estimate of drug-likeness (QED) is 0.592. The summed E-state index contributed by atoms with van der Waals surface area (Å²) in [5.74, 6) is -0.711. The molecule has 0 saturated carbocycles. The van der Waals surface area contributed by atoms with E-state index in [0.29, 0.717) is 59.6 Å². The van der Waals surface area contributed by atoms with Crippen LogP contribution in [0, 0.1) is 5.92 Å². The topological polar surface area (TPSA) is 86.8 Å².